The smallest absolute Gasteiger partial charge is 0.317 e. The lowest BCUT2D eigenvalue weighted by atomic mass is 10.2. The maximum absolute atomic E-state index is 10.8. The number of hydrogen-bond donors (Lipinski definition) is 1. The van der Waals surface area contributed by atoms with E-state index in [1.165, 1.54) is 12.8 Å². The molecule has 0 spiro atoms. The van der Waals surface area contributed by atoms with Crippen LogP contribution in [0.1, 0.15) is 29.9 Å². The van der Waals surface area contributed by atoms with Gasteiger partial charge in [0.1, 0.15) is 5.76 Å². The standard InChI is InChI=1S/C12H18N2O3/c1-8-11(9(2)17-13-8)6-14(7-12(15)16)5-10-3-4-10/h10H,3-7H2,1-2H3,(H,15,16). The van der Waals surface area contributed by atoms with Gasteiger partial charge in [-0.1, -0.05) is 5.16 Å². The molecule has 1 aromatic heterocycles. The fourth-order valence-electron chi connectivity index (χ4n) is 1.99. The Balaban J connectivity index is 2.02. The molecular formula is C12H18N2O3. The largest absolute Gasteiger partial charge is 0.480 e. The van der Waals surface area contributed by atoms with Crippen molar-refractivity contribution in [2.24, 2.45) is 5.92 Å². The number of carboxylic acids is 1. The first-order valence-electron chi connectivity index (χ1n) is 5.92. The van der Waals surface area contributed by atoms with E-state index in [0.29, 0.717) is 12.5 Å². The van der Waals surface area contributed by atoms with Crippen molar-refractivity contribution in [1.29, 1.82) is 0 Å². The summed E-state index contributed by atoms with van der Waals surface area (Å²) in [5.74, 6) is 0.681. The van der Waals surface area contributed by atoms with Gasteiger partial charge in [0.25, 0.3) is 0 Å². The Bertz CT molecular complexity index is 390. The third-order valence-corrected chi connectivity index (χ3v) is 3.14. The van der Waals surface area contributed by atoms with Gasteiger partial charge in [-0.15, -0.1) is 0 Å². The minimum absolute atomic E-state index is 0.0839. The summed E-state index contributed by atoms with van der Waals surface area (Å²) in [7, 11) is 0. The zero-order chi connectivity index (χ0) is 12.4. The zero-order valence-corrected chi connectivity index (χ0v) is 10.3. The van der Waals surface area contributed by atoms with Gasteiger partial charge in [0, 0.05) is 18.7 Å². The van der Waals surface area contributed by atoms with E-state index in [1.807, 2.05) is 18.7 Å². The van der Waals surface area contributed by atoms with E-state index < -0.39 is 5.97 Å². The first-order chi connectivity index (χ1) is 8.06. The molecule has 0 amide bonds. The number of carbonyl (C=O) groups is 1. The number of aromatic nitrogens is 1. The summed E-state index contributed by atoms with van der Waals surface area (Å²) in [4.78, 5) is 12.8. The predicted octanol–water partition coefficient (Wildman–Crippen LogP) is 1.59. The molecule has 1 N–H and O–H groups in total. The number of hydrogen-bond acceptors (Lipinski definition) is 4. The lowest BCUT2D eigenvalue weighted by Crippen LogP contribution is -2.31. The van der Waals surface area contributed by atoms with Gasteiger partial charge >= 0.3 is 5.97 Å². The second-order valence-electron chi connectivity index (χ2n) is 4.81. The molecule has 1 aromatic rings. The summed E-state index contributed by atoms with van der Waals surface area (Å²) >= 11 is 0. The van der Waals surface area contributed by atoms with E-state index in [9.17, 15) is 4.79 Å². The van der Waals surface area contributed by atoms with Crippen molar-refractivity contribution >= 4 is 5.97 Å². The molecule has 2 rings (SSSR count). The first-order valence-corrected chi connectivity index (χ1v) is 5.92. The molecule has 0 aromatic carbocycles. The SMILES string of the molecule is Cc1noc(C)c1CN(CC(=O)O)CC1CC1. The summed E-state index contributed by atoms with van der Waals surface area (Å²) in [5.41, 5.74) is 1.88. The van der Waals surface area contributed by atoms with Crippen LogP contribution in [-0.2, 0) is 11.3 Å². The normalized spacial score (nSPS) is 15.5. The van der Waals surface area contributed by atoms with Gasteiger partial charge in [-0.2, -0.15) is 0 Å². The number of aryl methyl sites for hydroxylation is 2. The molecule has 94 valence electrons. The van der Waals surface area contributed by atoms with E-state index in [2.05, 4.69) is 5.16 Å². The average molecular weight is 238 g/mol. The number of aliphatic carboxylic acids is 1. The van der Waals surface area contributed by atoms with Crippen molar-refractivity contribution in [3.63, 3.8) is 0 Å². The summed E-state index contributed by atoms with van der Waals surface area (Å²) in [6.45, 7) is 5.31. The minimum Gasteiger partial charge on any atom is -0.480 e. The predicted molar refractivity (Wildman–Crippen MR) is 61.6 cm³/mol. The second kappa shape index (κ2) is 4.87. The van der Waals surface area contributed by atoms with Crippen molar-refractivity contribution in [3.8, 4) is 0 Å². The molecule has 0 unspecified atom stereocenters. The highest BCUT2D eigenvalue weighted by Gasteiger charge is 2.26. The van der Waals surface area contributed by atoms with Crippen LogP contribution in [0.3, 0.4) is 0 Å². The van der Waals surface area contributed by atoms with Crippen molar-refractivity contribution in [3.05, 3.63) is 17.0 Å². The molecule has 0 bridgehead atoms. The van der Waals surface area contributed by atoms with Crippen LogP contribution in [0, 0.1) is 19.8 Å². The molecule has 5 nitrogen and oxygen atoms in total. The summed E-state index contributed by atoms with van der Waals surface area (Å²) < 4.78 is 5.10. The van der Waals surface area contributed by atoms with Crippen LogP contribution in [0.15, 0.2) is 4.52 Å². The Hall–Kier alpha value is -1.36. The summed E-state index contributed by atoms with van der Waals surface area (Å²) in [5, 5.41) is 12.8. The molecule has 1 heterocycles. The van der Waals surface area contributed by atoms with Gasteiger partial charge < -0.3 is 9.63 Å². The van der Waals surface area contributed by atoms with Crippen molar-refractivity contribution < 1.29 is 14.4 Å². The fraction of sp³-hybridized carbons (Fsp3) is 0.667. The van der Waals surface area contributed by atoms with E-state index in [4.69, 9.17) is 9.63 Å². The minimum atomic E-state index is -0.780. The Morgan fingerprint density at radius 2 is 2.24 bits per heavy atom. The van der Waals surface area contributed by atoms with E-state index in [0.717, 1.165) is 23.6 Å². The van der Waals surface area contributed by atoms with Crippen LogP contribution < -0.4 is 0 Å². The van der Waals surface area contributed by atoms with Gasteiger partial charge in [0.05, 0.1) is 12.2 Å². The topological polar surface area (TPSA) is 66.6 Å². The number of carboxylic acid groups (broad SMARTS) is 1. The van der Waals surface area contributed by atoms with Gasteiger partial charge in [-0.25, -0.2) is 0 Å². The molecule has 1 saturated carbocycles. The summed E-state index contributed by atoms with van der Waals surface area (Å²) in [6, 6.07) is 0. The van der Waals surface area contributed by atoms with Crippen LogP contribution in [0.5, 0.6) is 0 Å². The third-order valence-electron chi connectivity index (χ3n) is 3.14. The Kier molecular flexibility index (Phi) is 3.47. The van der Waals surface area contributed by atoms with E-state index in [-0.39, 0.29) is 6.54 Å². The highest BCUT2D eigenvalue weighted by atomic mass is 16.5. The van der Waals surface area contributed by atoms with Crippen LogP contribution in [-0.4, -0.2) is 34.2 Å². The van der Waals surface area contributed by atoms with Crippen molar-refractivity contribution in [2.45, 2.75) is 33.2 Å². The fourth-order valence-corrected chi connectivity index (χ4v) is 1.99. The van der Waals surface area contributed by atoms with Crippen LogP contribution >= 0.6 is 0 Å². The number of nitrogens with zero attached hydrogens (tertiary/aromatic N) is 2. The second-order valence-corrected chi connectivity index (χ2v) is 4.81. The monoisotopic (exact) mass is 238 g/mol. The zero-order valence-electron chi connectivity index (χ0n) is 10.3. The first kappa shape index (κ1) is 12.1. The molecule has 0 saturated heterocycles. The molecule has 1 fully saturated rings. The highest BCUT2D eigenvalue weighted by Crippen LogP contribution is 2.30. The lowest BCUT2D eigenvalue weighted by molar-refractivity contribution is -0.138. The quantitative estimate of drug-likeness (QED) is 0.815. The Morgan fingerprint density at radius 3 is 2.71 bits per heavy atom. The number of rotatable bonds is 6. The Labute approximate surface area is 100 Å². The maximum atomic E-state index is 10.8. The third kappa shape index (κ3) is 3.30. The summed E-state index contributed by atoms with van der Waals surface area (Å²) in [6.07, 6.45) is 2.44. The molecule has 5 heteroatoms. The highest BCUT2D eigenvalue weighted by molar-refractivity contribution is 5.69. The Morgan fingerprint density at radius 1 is 1.53 bits per heavy atom. The van der Waals surface area contributed by atoms with Gasteiger partial charge in [0.15, 0.2) is 0 Å². The van der Waals surface area contributed by atoms with Gasteiger partial charge in [-0.05, 0) is 32.6 Å². The molecular weight excluding hydrogens is 220 g/mol. The van der Waals surface area contributed by atoms with E-state index in [1.54, 1.807) is 0 Å². The molecule has 0 atom stereocenters. The van der Waals surface area contributed by atoms with Crippen LogP contribution in [0.2, 0.25) is 0 Å². The average Bonchev–Trinajstić information content (AvgIpc) is 2.99. The van der Waals surface area contributed by atoms with Crippen molar-refractivity contribution in [2.75, 3.05) is 13.1 Å². The molecule has 1 aliphatic carbocycles. The van der Waals surface area contributed by atoms with E-state index >= 15 is 0 Å². The van der Waals surface area contributed by atoms with Gasteiger partial charge in [0.2, 0.25) is 0 Å². The van der Waals surface area contributed by atoms with Crippen LogP contribution in [0.4, 0.5) is 0 Å². The molecule has 1 aliphatic rings. The lowest BCUT2D eigenvalue weighted by Gasteiger charge is -2.19. The van der Waals surface area contributed by atoms with Gasteiger partial charge in [-0.3, -0.25) is 9.69 Å². The van der Waals surface area contributed by atoms with Crippen LogP contribution in [0.25, 0.3) is 0 Å². The maximum Gasteiger partial charge on any atom is 0.317 e. The molecule has 0 aliphatic heterocycles. The molecule has 0 radical (unpaired) electrons. The molecule has 17 heavy (non-hydrogen) atoms. The van der Waals surface area contributed by atoms with Crippen molar-refractivity contribution in [1.82, 2.24) is 10.1 Å².